The predicted octanol–water partition coefficient (Wildman–Crippen LogP) is 0.960. The molecule has 0 fully saturated rings. The van der Waals surface area contributed by atoms with Crippen molar-refractivity contribution in [2.45, 2.75) is 6.29 Å². The van der Waals surface area contributed by atoms with E-state index in [1.54, 1.807) is 6.07 Å². The van der Waals surface area contributed by atoms with E-state index in [1.165, 1.54) is 14.2 Å². The van der Waals surface area contributed by atoms with Gasteiger partial charge in [0.1, 0.15) is 0 Å². The van der Waals surface area contributed by atoms with Crippen molar-refractivity contribution in [2.75, 3.05) is 14.2 Å². The van der Waals surface area contributed by atoms with Crippen LogP contribution < -0.4 is 17.2 Å². The van der Waals surface area contributed by atoms with E-state index < -0.39 is 6.29 Å². The van der Waals surface area contributed by atoms with Gasteiger partial charge in [-0.1, -0.05) is 15.9 Å². The fourth-order valence-corrected chi connectivity index (χ4v) is 1.83. The molecular formula is C11H16BrN5O2. The second-order valence-electron chi connectivity index (χ2n) is 3.51. The molecule has 0 saturated carbocycles. The van der Waals surface area contributed by atoms with Gasteiger partial charge in [-0.25, -0.2) is 4.99 Å². The molecule has 0 aliphatic carbocycles. The van der Waals surface area contributed by atoms with Crippen LogP contribution in [0, 0.1) is 0 Å². The first-order valence-electron chi connectivity index (χ1n) is 5.26. The Kier molecular flexibility index (Phi) is 5.74. The Bertz CT molecular complexity index is 496. The van der Waals surface area contributed by atoms with Gasteiger partial charge in [0.05, 0.1) is 5.69 Å². The second-order valence-corrected chi connectivity index (χ2v) is 4.43. The Balaban J connectivity index is 3.24. The summed E-state index contributed by atoms with van der Waals surface area (Å²) in [5.74, 6) is -0.204. The van der Waals surface area contributed by atoms with E-state index in [-0.39, 0.29) is 11.9 Å². The molecular weight excluding hydrogens is 314 g/mol. The first-order chi connectivity index (χ1) is 8.97. The van der Waals surface area contributed by atoms with Gasteiger partial charge in [0.15, 0.2) is 12.2 Å². The van der Waals surface area contributed by atoms with Crippen LogP contribution in [0.15, 0.2) is 32.7 Å². The van der Waals surface area contributed by atoms with E-state index >= 15 is 0 Å². The third kappa shape index (κ3) is 4.51. The van der Waals surface area contributed by atoms with Gasteiger partial charge >= 0.3 is 0 Å². The SMILES string of the molecule is COC(OC)c1cc(Br)ccc1N=C(N)N=C(N)N. The largest absolute Gasteiger partial charge is 0.370 e. The summed E-state index contributed by atoms with van der Waals surface area (Å²) >= 11 is 3.37. The van der Waals surface area contributed by atoms with Crippen LogP contribution in [0.2, 0.25) is 0 Å². The number of methoxy groups -OCH3 is 2. The Labute approximate surface area is 119 Å². The van der Waals surface area contributed by atoms with Crippen LogP contribution in [0.5, 0.6) is 0 Å². The molecule has 19 heavy (non-hydrogen) atoms. The number of nitrogens with two attached hydrogens (primary N) is 3. The summed E-state index contributed by atoms with van der Waals surface area (Å²) in [7, 11) is 3.06. The molecule has 7 nitrogen and oxygen atoms in total. The molecule has 104 valence electrons. The molecule has 0 heterocycles. The standard InChI is InChI=1S/C11H16BrN5O2/c1-18-9(19-2)7-5-6(12)3-4-8(7)16-11(15)17-10(13)14/h3-5,9H,1-2H3,(H6,13,14,15,16,17). The normalized spacial score (nSPS) is 11.7. The Hall–Kier alpha value is -1.64. The molecule has 0 spiro atoms. The van der Waals surface area contributed by atoms with Gasteiger partial charge in [0.25, 0.3) is 0 Å². The van der Waals surface area contributed by atoms with Crippen molar-refractivity contribution >= 4 is 33.5 Å². The van der Waals surface area contributed by atoms with Gasteiger partial charge in [-0.2, -0.15) is 4.99 Å². The number of aliphatic imine (C=N–C) groups is 2. The lowest BCUT2D eigenvalue weighted by atomic mass is 10.1. The van der Waals surface area contributed by atoms with Gasteiger partial charge in [0, 0.05) is 24.3 Å². The monoisotopic (exact) mass is 329 g/mol. The molecule has 8 heteroatoms. The van der Waals surface area contributed by atoms with Gasteiger partial charge in [-0.05, 0) is 18.2 Å². The number of guanidine groups is 2. The van der Waals surface area contributed by atoms with E-state index in [4.69, 9.17) is 26.7 Å². The minimum Gasteiger partial charge on any atom is -0.370 e. The van der Waals surface area contributed by atoms with E-state index in [0.717, 1.165) is 4.47 Å². The van der Waals surface area contributed by atoms with E-state index in [9.17, 15) is 0 Å². The first-order valence-corrected chi connectivity index (χ1v) is 6.06. The average Bonchev–Trinajstić information content (AvgIpc) is 2.33. The highest BCUT2D eigenvalue weighted by molar-refractivity contribution is 9.10. The molecule has 0 aliphatic heterocycles. The maximum atomic E-state index is 5.61. The molecule has 1 rings (SSSR count). The summed E-state index contributed by atoms with van der Waals surface area (Å²) < 4.78 is 11.3. The highest BCUT2D eigenvalue weighted by Gasteiger charge is 2.14. The number of ether oxygens (including phenoxy) is 2. The molecule has 6 N–H and O–H groups in total. The quantitative estimate of drug-likeness (QED) is 0.431. The highest BCUT2D eigenvalue weighted by Crippen LogP contribution is 2.31. The molecule has 0 atom stereocenters. The number of hydrogen-bond donors (Lipinski definition) is 3. The number of rotatable bonds is 4. The van der Waals surface area contributed by atoms with Crippen molar-refractivity contribution in [1.82, 2.24) is 0 Å². The van der Waals surface area contributed by atoms with Crippen molar-refractivity contribution in [3.8, 4) is 0 Å². The van der Waals surface area contributed by atoms with Crippen molar-refractivity contribution in [3.05, 3.63) is 28.2 Å². The van der Waals surface area contributed by atoms with Crippen LogP contribution in [0.25, 0.3) is 0 Å². The third-order valence-electron chi connectivity index (χ3n) is 2.15. The van der Waals surface area contributed by atoms with E-state index in [1.807, 2.05) is 12.1 Å². The average molecular weight is 330 g/mol. The molecule has 0 unspecified atom stereocenters. The van der Waals surface area contributed by atoms with Crippen molar-refractivity contribution in [1.29, 1.82) is 0 Å². The molecule has 1 aromatic carbocycles. The zero-order chi connectivity index (χ0) is 14.4. The number of hydrogen-bond acceptors (Lipinski definition) is 3. The topological polar surface area (TPSA) is 121 Å². The van der Waals surface area contributed by atoms with Crippen molar-refractivity contribution in [3.63, 3.8) is 0 Å². The van der Waals surface area contributed by atoms with Crippen molar-refractivity contribution in [2.24, 2.45) is 27.2 Å². The van der Waals surface area contributed by atoms with Crippen LogP contribution in [0.4, 0.5) is 5.69 Å². The zero-order valence-electron chi connectivity index (χ0n) is 10.6. The lowest BCUT2D eigenvalue weighted by Gasteiger charge is -2.16. The van der Waals surface area contributed by atoms with Crippen LogP contribution in [-0.2, 0) is 9.47 Å². The summed E-state index contributed by atoms with van der Waals surface area (Å²) in [5.41, 5.74) is 17.3. The smallest absolute Gasteiger partial charge is 0.223 e. The predicted molar refractivity (Wildman–Crippen MR) is 78.0 cm³/mol. The molecule has 0 saturated heterocycles. The lowest BCUT2D eigenvalue weighted by Crippen LogP contribution is -2.26. The van der Waals surface area contributed by atoms with Crippen LogP contribution in [0.3, 0.4) is 0 Å². The first kappa shape index (κ1) is 15.4. The molecule has 0 aromatic heterocycles. The Morgan fingerprint density at radius 3 is 2.37 bits per heavy atom. The van der Waals surface area contributed by atoms with E-state index in [0.29, 0.717) is 11.3 Å². The van der Waals surface area contributed by atoms with E-state index in [2.05, 4.69) is 25.9 Å². The third-order valence-corrected chi connectivity index (χ3v) is 2.64. The van der Waals surface area contributed by atoms with Crippen LogP contribution in [0.1, 0.15) is 11.9 Å². The summed E-state index contributed by atoms with van der Waals surface area (Å²) in [5, 5.41) is 0. The summed E-state index contributed by atoms with van der Waals surface area (Å²) in [6.07, 6.45) is -0.566. The molecule has 1 aromatic rings. The van der Waals surface area contributed by atoms with Gasteiger partial charge in [-0.3, -0.25) is 0 Å². The Morgan fingerprint density at radius 2 is 1.84 bits per heavy atom. The van der Waals surface area contributed by atoms with Crippen molar-refractivity contribution < 1.29 is 9.47 Å². The fourth-order valence-electron chi connectivity index (χ4n) is 1.45. The second kappa shape index (κ2) is 7.07. The molecule has 0 bridgehead atoms. The maximum Gasteiger partial charge on any atom is 0.223 e. The molecule has 0 aliphatic rings. The van der Waals surface area contributed by atoms with Gasteiger partial charge in [-0.15, -0.1) is 0 Å². The summed E-state index contributed by atoms with van der Waals surface area (Å²) in [4.78, 5) is 7.78. The fraction of sp³-hybridized carbons (Fsp3) is 0.273. The lowest BCUT2D eigenvalue weighted by molar-refractivity contribution is -0.105. The minimum atomic E-state index is -0.566. The summed E-state index contributed by atoms with van der Waals surface area (Å²) in [6.45, 7) is 0. The number of halogens is 1. The van der Waals surface area contributed by atoms with Crippen LogP contribution in [-0.4, -0.2) is 26.1 Å². The van der Waals surface area contributed by atoms with Crippen LogP contribution >= 0.6 is 15.9 Å². The molecule has 0 radical (unpaired) electrons. The summed E-state index contributed by atoms with van der Waals surface area (Å²) in [6, 6.07) is 5.38. The zero-order valence-corrected chi connectivity index (χ0v) is 12.2. The van der Waals surface area contributed by atoms with Gasteiger partial charge < -0.3 is 26.7 Å². The van der Waals surface area contributed by atoms with Gasteiger partial charge in [0.2, 0.25) is 5.96 Å². The highest BCUT2D eigenvalue weighted by atomic mass is 79.9. The Morgan fingerprint density at radius 1 is 1.21 bits per heavy atom. The molecule has 0 amide bonds. The number of nitrogens with zero attached hydrogens (tertiary/aromatic N) is 2. The minimum absolute atomic E-state index is 0.0467. The maximum absolute atomic E-state index is 5.61. The number of benzene rings is 1.